The molecule has 3 rings (SSSR count). The van der Waals surface area contributed by atoms with Crippen LogP contribution in [0.5, 0.6) is 5.88 Å². The van der Waals surface area contributed by atoms with E-state index in [-0.39, 0.29) is 55.5 Å². The lowest BCUT2D eigenvalue weighted by molar-refractivity contribution is -0.192. The molecule has 1 aliphatic carbocycles. The number of ether oxygens (including phenoxy) is 1. The van der Waals surface area contributed by atoms with Gasteiger partial charge in [-0.25, -0.2) is 18.0 Å². The van der Waals surface area contributed by atoms with E-state index in [0.717, 1.165) is 19.4 Å². The summed E-state index contributed by atoms with van der Waals surface area (Å²) in [6.45, 7) is 1.14. The Hall–Kier alpha value is -2.77. The van der Waals surface area contributed by atoms with Crippen molar-refractivity contribution in [2.75, 3.05) is 25.5 Å². The molecule has 0 aromatic carbocycles. The third kappa shape index (κ3) is 7.94. The number of carboxylic acid groups (broad SMARTS) is 1. The Morgan fingerprint density at radius 1 is 1.33 bits per heavy atom. The van der Waals surface area contributed by atoms with Crippen LogP contribution in [0.1, 0.15) is 31.2 Å². The first-order valence-electron chi connectivity index (χ1n) is 9.98. The number of hydrogen-bond donors (Lipinski definition) is 4. The lowest BCUT2D eigenvalue weighted by Gasteiger charge is -2.35. The van der Waals surface area contributed by atoms with Gasteiger partial charge in [-0.2, -0.15) is 18.2 Å². The zero-order valence-electron chi connectivity index (χ0n) is 17.6. The van der Waals surface area contributed by atoms with Crippen LogP contribution in [0.25, 0.3) is 0 Å². The number of halogens is 6. The smallest absolute Gasteiger partial charge is 0.481 e. The molecule has 1 unspecified atom stereocenters. The van der Waals surface area contributed by atoms with Gasteiger partial charge in [-0.05, 0) is 31.4 Å². The number of carbonyl (C=O) groups is 2. The van der Waals surface area contributed by atoms with Crippen molar-refractivity contribution in [3.8, 4) is 5.88 Å². The second kappa shape index (κ2) is 10.9. The van der Waals surface area contributed by atoms with Gasteiger partial charge in [-0.15, -0.1) is 0 Å². The van der Waals surface area contributed by atoms with Crippen LogP contribution in [0.15, 0.2) is 6.07 Å². The molecule has 1 atom stereocenters. The molecule has 14 heteroatoms. The molecule has 2 heterocycles. The molecule has 2 aliphatic rings. The zero-order chi connectivity index (χ0) is 24.8. The second-order valence-corrected chi connectivity index (χ2v) is 7.67. The summed E-state index contributed by atoms with van der Waals surface area (Å²) in [6.07, 6.45) is -3.75. The average molecular weight is 486 g/mol. The molecule has 2 fully saturated rings. The minimum Gasteiger partial charge on any atom is -0.481 e. The number of aliphatic carboxylic acids is 1. The van der Waals surface area contributed by atoms with Gasteiger partial charge in [-0.3, -0.25) is 4.79 Å². The molecule has 0 radical (unpaired) electrons. The largest absolute Gasteiger partial charge is 0.490 e. The molecule has 1 amide bonds. The van der Waals surface area contributed by atoms with Gasteiger partial charge in [0.25, 0.3) is 0 Å². The van der Waals surface area contributed by atoms with Crippen molar-refractivity contribution in [3.05, 3.63) is 17.4 Å². The summed E-state index contributed by atoms with van der Waals surface area (Å²) in [5, 5.41) is 15.7. The fourth-order valence-corrected chi connectivity index (χ4v) is 3.32. The van der Waals surface area contributed by atoms with Crippen molar-refractivity contribution in [3.63, 3.8) is 0 Å². The lowest BCUT2D eigenvalue weighted by Crippen LogP contribution is -2.40. The van der Waals surface area contributed by atoms with Gasteiger partial charge in [0.05, 0.1) is 13.2 Å². The van der Waals surface area contributed by atoms with E-state index in [4.69, 9.17) is 14.6 Å². The van der Waals surface area contributed by atoms with Crippen molar-refractivity contribution in [1.82, 2.24) is 15.6 Å². The van der Waals surface area contributed by atoms with Gasteiger partial charge in [-0.1, -0.05) is 0 Å². The Kier molecular flexibility index (Phi) is 8.75. The third-order valence-corrected chi connectivity index (χ3v) is 5.01. The maximum absolute atomic E-state index is 14.3. The molecule has 186 valence electrons. The number of pyridine rings is 1. The number of rotatable bonds is 7. The van der Waals surface area contributed by atoms with E-state index >= 15 is 0 Å². The molecule has 0 bridgehead atoms. The topological polar surface area (TPSA) is 113 Å². The summed E-state index contributed by atoms with van der Waals surface area (Å²) in [7, 11) is 1.40. The number of aromatic nitrogens is 1. The molecule has 33 heavy (non-hydrogen) atoms. The van der Waals surface area contributed by atoms with Crippen molar-refractivity contribution in [2.24, 2.45) is 5.92 Å². The quantitative estimate of drug-likeness (QED) is 0.439. The number of carboxylic acids is 1. The molecule has 1 aromatic heterocycles. The highest BCUT2D eigenvalue weighted by molar-refractivity contribution is 5.82. The van der Waals surface area contributed by atoms with Crippen LogP contribution in [-0.2, 0) is 16.1 Å². The number of nitrogens with zero attached hydrogens (tertiary/aromatic N) is 1. The first-order valence-corrected chi connectivity index (χ1v) is 9.98. The molecule has 1 aliphatic heterocycles. The Balaban J connectivity index is 0.000000479. The average Bonchev–Trinajstić information content (AvgIpc) is 3.24. The number of hydrogen-bond acceptors (Lipinski definition) is 6. The third-order valence-electron chi connectivity index (χ3n) is 5.01. The minimum absolute atomic E-state index is 0.0374. The van der Waals surface area contributed by atoms with E-state index in [1.807, 2.05) is 0 Å². The molecular formula is C19H24F6N4O4. The van der Waals surface area contributed by atoms with Crippen molar-refractivity contribution in [1.29, 1.82) is 0 Å². The monoisotopic (exact) mass is 486 g/mol. The van der Waals surface area contributed by atoms with E-state index in [2.05, 4.69) is 20.9 Å². The molecular weight excluding hydrogens is 462 g/mol. The molecule has 1 aromatic rings. The molecule has 0 spiro atoms. The van der Waals surface area contributed by atoms with Crippen LogP contribution < -0.4 is 20.7 Å². The fourth-order valence-electron chi connectivity index (χ4n) is 3.32. The summed E-state index contributed by atoms with van der Waals surface area (Å²) in [6, 6.07) is 1.02. The molecule has 1 saturated carbocycles. The highest BCUT2D eigenvalue weighted by atomic mass is 19.4. The molecule has 1 saturated heterocycles. The summed E-state index contributed by atoms with van der Waals surface area (Å²) >= 11 is 0. The van der Waals surface area contributed by atoms with Gasteiger partial charge in [0.2, 0.25) is 17.7 Å². The standard InChI is InChI=1S/C17H23F3N4O2.C2HF3O2/c1-26-16-11(9-23-15(25)13-3-2-4-21-13)5-12(18)14(24-16)22-8-10-6-17(19,20)7-10;3-2(4,5)1(6)7/h5,10,13,21H,2-4,6-9H2,1H3,(H,22,24)(H,23,25);(H,6,7). The van der Waals surface area contributed by atoms with Crippen LogP contribution >= 0.6 is 0 Å². The number of nitrogens with one attached hydrogen (secondary N) is 3. The van der Waals surface area contributed by atoms with Crippen molar-refractivity contribution in [2.45, 2.75) is 50.4 Å². The number of methoxy groups -OCH3 is 1. The van der Waals surface area contributed by atoms with E-state index in [0.29, 0.717) is 5.56 Å². The first-order chi connectivity index (χ1) is 15.3. The molecule has 8 nitrogen and oxygen atoms in total. The number of amides is 1. The zero-order valence-corrected chi connectivity index (χ0v) is 17.6. The molecule has 4 N–H and O–H groups in total. The fraction of sp³-hybridized carbons (Fsp3) is 0.632. The van der Waals surface area contributed by atoms with E-state index in [1.165, 1.54) is 13.2 Å². The predicted molar refractivity (Wildman–Crippen MR) is 103 cm³/mol. The van der Waals surface area contributed by atoms with Crippen LogP contribution in [0.3, 0.4) is 0 Å². The van der Waals surface area contributed by atoms with Gasteiger partial charge < -0.3 is 25.8 Å². The Morgan fingerprint density at radius 2 is 1.97 bits per heavy atom. The maximum Gasteiger partial charge on any atom is 0.490 e. The Labute approximate surface area is 185 Å². The van der Waals surface area contributed by atoms with E-state index in [1.54, 1.807) is 0 Å². The first kappa shape index (κ1) is 26.5. The van der Waals surface area contributed by atoms with Crippen LogP contribution in [-0.4, -0.2) is 60.3 Å². The minimum atomic E-state index is -5.08. The van der Waals surface area contributed by atoms with Crippen LogP contribution in [0.4, 0.5) is 32.2 Å². The highest BCUT2D eigenvalue weighted by Gasteiger charge is 2.45. The highest BCUT2D eigenvalue weighted by Crippen LogP contribution is 2.42. The van der Waals surface area contributed by atoms with Crippen LogP contribution in [0.2, 0.25) is 0 Å². The lowest BCUT2D eigenvalue weighted by atomic mass is 9.81. The summed E-state index contributed by atoms with van der Waals surface area (Å²) < 4.78 is 76.9. The van der Waals surface area contributed by atoms with Crippen LogP contribution in [0, 0.1) is 11.7 Å². The summed E-state index contributed by atoms with van der Waals surface area (Å²) in [5.41, 5.74) is 0.414. The number of carbonyl (C=O) groups excluding carboxylic acids is 1. The Morgan fingerprint density at radius 3 is 2.45 bits per heavy atom. The van der Waals surface area contributed by atoms with Gasteiger partial charge >= 0.3 is 12.1 Å². The predicted octanol–water partition coefficient (Wildman–Crippen LogP) is 2.69. The van der Waals surface area contributed by atoms with Crippen molar-refractivity contribution < 1.29 is 45.8 Å². The van der Waals surface area contributed by atoms with Gasteiger partial charge in [0.1, 0.15) is 0 Å². The number of anilines is 1. The van der Waals surface area contributed by atoms with E-state index in [9.17, 15) is 31.1 Å². The number of alkyl halides is 5. The Bertz CT molecular complexity index is 838. The van der Waals surface area contributed by atoms with Gasteiger partial charge in [0.15, 0.2) is 11.6 Å². The van der Waals surface area contributed by atoms with Crippen molar-refractivity contribution >= 4 is 17.7 Å². The van der Waals surface area contributed by atoms with E-state index < -0.39 is 23.9 Å². The maximum atomic E-state index is 14.3. The normalized spacial score (nSPS) is 19.7. The van der Waals surface area contributed by atoms with Gasteiger partial charge in [0, 0.05) is 31.5 Å². The summed E-state index contributed by atoms with van der Waals surface area (Å²) in [5.74, 6) is -6.16. The SMILES string of the molecule is COc1nc(NCC2CC(F)(F)C2)c(F)cc1CNC(=O)C1CCCN1.O=C(O)C(F)(F)F. The summed E-state index contributed by atoms with van der Waals surface area (Å²) in [4.78, 5) is 25.0. The second-order valence-electron chi connectivity index (χ2n) is 7.67.